The largest absolute Gasteiger partial charge is 0.397 e. The molecule has 1 aromatic carbocycles. The van der Waals surface area contributed by atoms with Crippen molar-refractivity contribution in [2.75, 3.05) is 5.73 Å². The van der Waals surface area contributed by atoms with E-state index in [1.807, 2.05) is 12.1 Å². The van der Waals surface area contributed by atoms with Gasteiger partial charge in [-0.2, -0.15) is 0 Å². The molecule has 4 aliphatic rings. The zero-order chi connectivity index (χ0) is 14.0. The maximum atomic E-state index is 6.05. The lowest BCUT2D eigenvalue weighted by atomic mass is 9.49. The summed E-state index contributed by atoms with van der Waals surface area (Å²) < 4.78 is 0. The predicted molar refractivity (Wildman–Crippen MR) is 84.8 cm³/mol. The highest BCUT2D eigenvalue weighted by atomic mass is 14.9. The van der Waals surface area contributed by atoms with E-state index < -0.39 is 0 Å². The van der Waals surface area contributed by atoms with Gasteiger partial charge in [0, 0.05) is 6.42 Å². The third-order valence-corrected chi connectivity index (χ3v) is 6.30. The number of hydrogen-bond acceptors (Lipinski definition) is 2. The van der Waals surface area contributed by atoms with Crippen molar-refractivity contribution < 1.29 is 0 Å². The van der Waals surface area contributed by atoms with Crippen molar-refractivity contribution in [3.8, 4) is 0 Å². The molecule has 3 nitrogen and oxygen atoms in total. The molecule has 0 radical (unpaired) electrons. The van der Waals surface area contributed by atoms with Crippen molar-refractivity contribution in [3.63, 3.8) is 0 Å². The van der Waals surface area contributed by atoms with Crippen LogP contribution in [0.25, 0.3) is 11.0 Å². The van der Waals surface area contributed by atoms with Gasteiger partial charge in [0.2, 0.25) is 0 Å². The zero-order valence-corrected chi connectivity index (χ0v) is 12.4. The number of fused-ring (bicyclic) bond motifs is 1. The number of nitrogens with zero attached hydrogens (tertiary/aromatic N) is 1. The van der Waals surface area contributed by atoms with E-state index >= 15 is 0 Å². The summed E-state index contributed by atoms with van der Waals surface area (Å²) in [6.45, 7) is 0. The second kappa shape index (κ2) is 4.02. The Balaban J connectivity index is 1.49. The molecule has 21 heavy (non-hydrogen) atoms. The van der Waals surface area contributed by atoms with E-state index in [0.717, 1.165) is 46.7 Å². The number of H-pyrrole nitrogens is 1. The minimum absolute atomic E-state index is 0.539. The molecule has 3 N–H and O–H groups in total. The van der Waals surface area contributed by atoms with Crippen molar-refractivity contribution >= 4 is 16.7 Å². The molecule has 0 amide bonds. The highest BCUT2D eigenvalue weighted by Crippen LogP contribution is 2.60. The van der Waals surface area contributed by atoms with Gasteiger partial charge in [0.1, 0.15) is 11.3 Å². The molecule has 4 aliphatic carbocycles. The van der Waals surface area contributed by atoms with Crippen LogP contribution in [0.2, 0.25) is 0 Å². The Bertz CT molecular complexity index is 664. The van der Waals surface area contributed by atoms with E-state index in [-0.39, 0.29) is 0 Å². The van der Waals surface area contributed by atoms with E-state index in [9.17, 15) is 0 Å². The molecule has 3 heteroatoms. The van der Waals surface area contributed by atoms with Crippen LogP contribution in [0.3, 0.4) is 0 Å². The van der Waals surface area contributed by atoms with E-state index in [0.29, 0.717) is 5.41 Å². The molecule has 0 spiro atoms. The molecule has 110 valence electrons. The average Bonchev–Trinajstić information content (AvgIpc) is 2.80. The summed E-state index contributed by atoms with van der Waals surface area (Å²) in [6.07, 6.45) is 9.96. The highest BCUT2D eigenvalue weighted by Gasteiger charge is 2.50. The number of nitrogens with two attached hydrogens (primary N) is 1. The fraction of sp³-hybridized carbons (Fsp3) is 0.611. The van der Waals surface area contributed by atoms with E-state index in [1.54, 1.807) is 0 Å². The first kappa shape index (κ1) is 12.1. The minimum Gasteiger partial charge on any atom is -0.397 e. The van der Waals surface area contributed by atoms with Crippen LogP contribution in [0, 0.1) is 23.2 Å². The van der Waals surface area contributed by atoms with Gasteiger partial charge in [0.25, 0.3) is 0 Å². The van der Waals surface area contributed by atoms with Crippen LogP contribution < -0.4 is 5.73 Å². The third kappa shape index (κ3) is 1.82. The summed E-state index contributed by atoms with van der Waals surface area (Å²) in [4.78, 5) is 8.33. The summed E-state index contributed by atoms with van der Waals surface area (Å²) in [5.41, 5.74) is 9.43. The van der Waals surface area contributed by atoms with E-state index in [2.05, 4.69) is 11.1 Å². The monoisotopic (exact) mass is 281 g/mol. The summed E-state index contributed by atoms with van der Waals surface area (Å²) in [5, 5.41) is 0. The van der Waals surface area contributed by atoms with Gasteiger partial charge in [0.05, 0.1) is 11.2 Å². The molecule has 4 bridgehead atoms. The lowest BCUT2D eigenvalue weighted by Gasteiger charge is -2.56. The molecule has 1 aromatic heterocycles. The van der Waals surface area contributed by atoms with Gasteiger partial charge in [-0.05, 0) is 73.8 Å². The predicted octanol–water partition coefficient (Wildman–Crippen LogP) is 3.90. The Morgan fingerprint density at radius 3 is 2.38 bits per heavy atom. The van der Waals surface area contributed by atoms with Crippen LogP contribution in [0.4, 0.5) is 5.69 Å². The number of aromatic amines is 1. The minimum atomic E-state index is 0.539. The molecule has 4 fully saturated rings. The number of aromatic nitrogens is 2. The van der Waals surface area contributed by atoms with Crippen LogP contribution in [0.15, 0.2) is 18.2 Å². The van der Waals surface area contributed by atoms with Gasteiger partial charge >= 0.3 is 0 Å². The molecule has 0 aliphatic heterocycles. The number of rotatable bonds is 2. The number of para-hydroxylation sites is 1. The number of imidazole rings is 1. The Kier molecular flexibility index (Phi) is 2.31. The summed E-state index contributed by atoms with van der Waals surface area (Å²) in [7, 11) is 0. The second-order valence-electron chi connectivity index (χ2n) is 8.02. The standard InChI is InChI=1S/C18H23N3/c19-14-2-1-3-15-17(14)21-16(20-15)10-18-7-11-4-12(8-18)6-13(5-11)9-18/h1-3,11-13H,4-10,19H2,(H,20,21). The van der Waals surface area contributed by atoms with Crippen molar-refractivity contribution in [1.29, 1.82) is 0 Å². The smallest absolute Gasteiger partial charge is 0.111 e. The molecule has 6 rings (SSSR count). The summed E-state index contributed by atoms with van der Waals surface area (Å²) in [6, 6.07) is 6.03. The first-order valence-electron chi connectivity index (χ1n) is 8.42. The molecular formula is C18H23N3. The van der Waals surface area contributed by atoms with E-state index in [4.69, 9.17) is 10.7 Å². The number of hydrogen-bond donors (Lipinski definition) is 2. The molecular weight excluding hydrogens is 258 g/mol. The molecule has 1 heterocycles. The number of anilines is 1. The molecule has 4 saturated carbocycles. The first-order valence-corrected chi connectivity index (χ1v) is 8.42. The van der Waals surface area contributed by atoms with Crippen molar-refractivity contribution in [2.45, 2.75) is 44.9 Å². The fourth-order valence-corrected chi connectivity index (χ4v) is 6.05. The quantitative estimate of drug-likeness (QED) is 0.820. The highest BCUT2D eigenvalue weighted by molar-refractivity contribution is 5.86. The van der Waals surface area contributed by atoms with Crippen molar-refractivity contribution in [1.82, 2.24) is 9.97 Å². The second-order valence-corrected chi connectivity index (χ2v) is 8.02. The molecule has 2 aromatic rings. The topological polar surface area (TPSA) is 54.7 Å². The Morgan fingerprint density at radius 1 is 1.10 bits per heavy atom. The Hall–Kier alpha value is -1.51. The van der Waals surface area contributed by atoms with Gasteiger partial charge < -0.3 is 10.7 Å². The number of benzene rings is 1. The lowest BCUT2D eigenvalue weighted by Crippen LogP contribution is -2.47. The summed E-state index contributed by atoms with van der Waals surface area (Å²) >= 11 is 0. The maximum absolute atomic E-state index is 6.05. The normalized spacial score (nSPS) is 37.4. The zero-order valence-electron chi connectivity index (χ0n) is 12.4. The SMILES string of the molecule is Nc1cccc2[nH]c(CC34CC5CC(CC(C5)C3)C4)nc12. The fourth-order valence-electron chi connectivity index (χ4n) is 6.05. The first-order chi connectivity index (χ1) is 10.2. The number of nitrogen functional groups attached to an aromatic ring is 1. The molecule has 0 saturated heterocycles. The van der Waals surface area contributed by atoms with Gasteiger partial charge in [0.15, 0.2) is 0 Å². The van der Waals surface area contributed by atoms with Crippen molar-refractivity contribution in [3.05, 3.63) is 24.0 Å². The molecule has 0 unspecified atom stereocenters. The van der Waals surface area contributed by atoms with Gasteiger partial charge in [-0.15, -0.1) is 0 Å². The van der Waals surface area contributed by atoms with E-state index in [1.165, 1.54) is 38.5 Å². The third-order valence-electron chi connectivity index (χ3n) is 6.30. The van der Waals surface area contributed by atoms with Crippen LogP contribution in [0.1, 0.15) is 44.3 Å². The van der Waals surface area contributed by atoms with Crippen LogP contribution in [-0.2, 0) is 6.42 Å². The maximum Gasteiger partial charge on any atom is 0.111 e. The van der Waals surface area contributed by atoms with Crippen molar-refractivity contribution in [2.24, 2.45) is 23.2 Å². The summed E-state index contributed by atoms with van der Waals surface area (Å²) in [5.74, 6) is 4.17. The van der Waals surface area contributed by atoms with Gasteiger partial charge in [-0.1, -0.05) is 6.07 Å². The Labute approximate surface area is 125 Å². The molecule has 0 atom stereocenters. The van der Waals surface area contributed by atoms with Crippen LogP contribution in [0.5, 0.6) is 0 Å². The van der Waals surface area contributed by atoms with Gasteiger partial charge in [-0.25, -0.2) is 4.98 Å². The van der Waals surface area contributed by atoms with Crippen LogP contribution in [-0.4, -0.2) is 9.97 Å². The van der Waals surface area contributed by atoms with Gasteiger partial charge in [-0.3, -0.25) is 0 Å². The number of nitrogens with one attached hydrogen (secondary N) is 1. The Morgan fingerprint density at radius 2 is 1.76 bits per heavy atom. The van der Waals surface area contributed by atoms with Crippen LogP contribution >= 0.6 is 0 Å². The lowest BCUT2D eigenvalue weighted by molar-refractivity contribution is -0.0530. The average molecular weight is 281 g/mol.